The lowest BCUT2D eigenvalue weighted by atomic mass is 9.89. The van der Waals surface area contributed by atoms with Crippen molar-refractivity contribution in [2.45, 2.75) is 44.5 Å². The van der Waals surface area contributed by atoms with Crippen molar-refractivity contribution >= 4 is 5.97 Å². The molecule has 1 aromatic carbocycles. The molecule has 3 atom stereocenters. The molecule has 2 heterocycles. The number of hydrogen-bond donors (Lipinski definition) is 2. The SMILES string of the molecule is O=C(O)C1CC2CCC1N2Cc1ccc(CO)cc1. The van der Waals surface area contributed by atoms with Gasteiger partial charge in [0.15, 0.2) is 0 Å². The molecule has 19 heavy (non-hydrogen) atoms. The standard InChI is InChI=1S/C15H19NO3/c17-9-11-3-1-10(2-4-11)8-16-12-5-6-14(16)13(7-12)15(18)19/h1-4,12-14,17H,5-9H2,(H,18,19). The maximum atomic E-state index is 11.2. The molecule has 0 saturated carbocycles. The minimum Gasteiger partial charge on any atom is -0.481 e. The van der Waals surface area contributed by atoms with Crippen LogP contribution in [0.25, 0.3) is 0 Å². The van der Waals surface area contributed by atoms with Crippen LogP contribution in [0.15, 0.2) is 24.3 Å². The number of benzene rings is 1. The molecule has 0 aliphatic carbocycles. The van der Waals surface area contributed by atoms with Gasteiger partial charge in [0.2, 0.25) is 0 Å². The van der Waals surface area contributed by atoms with E-state index >= 15 is 0 Å². The Kier molecular flexibility index (Phi) is 3.29. The van der Waals surface area contributed by atoms with Crippen LogP contribution in [0.2, 0.25) is 0 Å². The van der Waals surface area contributed by atoms with Crippen molar-refractivity contribution in [3.05, 3.63) is 35.4 Å². The predicted molar refractivity (Wildman–Crippen MR) is 70.5 cm³/mol. The van der Waals surface area contributed by atoms with E-state index in [0.29, 0.717) is 6.04 Å². The molecule has 2 bridgehead atoms. The van der Waals surface area contributed by atoms with Crippen LogP contribution >= 0.6 is 0 Å². The molecule has 2 aliphatic heterocycles. The van der Waals surface area contributed by atoms with Crippen molar-refractivity contribution in [2.24, 2.45) is 5.92 Å². The highest BCUT2D eigenvalue weighted by molar-refractivity contribution is 5.71. The summed E-state index contributed by atoms with van der Waals surface area (Å²) in [5, 5.41) is 18.3. The average Bonchev–Trinajstić information content (AvgIpc) is 2.97. The van der Waals surface area contributed by atoms with Gasteiger partial charge in [-0.05, 0) is 30.4 Å². The highest BCUT2D eigenvalue weighted by Crippen LogP contribution is 2.42. The molecule has 0 aromatic heterocycles. The van der Waals surface area contributed by atoms with E-state index in [4.69, 9.17) is 5.11 Å². The third-order valence-electron chi connectivity index (χ3n) is 4.57. The summed E-state index contributed by atoms with van der Waals surface area (Å²) >= 11 is 0. The minimum absolute atomic E-state index is 0.0658. The Balaban J connectivity index is 1.71. The van der Waals surface area contributed by atoms with Crippen molar-refractivity contribution in [1.82, 2.24) is 4.90 Å². The summed E-state index contributed by atoms with van der Waals surface area (Å²) in [4.78, 5) is 13.6. The zero-order chi connectivity index (χ0) is 13.4. The topological polar surface area (TPSA) is 60.8 Å². The third-order valence-corrected chi connectivity index (χ3v) is 4.57. The first-order valence-electron chi connectivity index (χ1n) is 6.86. The number of hydrogen-bond acceptors (Lipinski definition) is 3. The Morgan fingerprint density at radius 3 is 2.47 bits per heavy atom. The van der Waals surface area contributed by atoms with Crippen LogP contribution in [0.5, 0.6) is 0 Å². The lowest BCUT2D eigenvalue weighted by molar-refractivity contribution is -0.142. The Morgan fingerprint density at radius 1 is 1.21 bits per heavy atom. The predicted octanol–water partition coefficient (Wildman–Crippen LogP) is 1.62. The first-order chi connectivity index (χ1) is 9.19. The Labute approximate surface area is 112 Å². The van der Waals surface area contributed by atoms with Gasteiger partial charge in [-0.2, -0.15) is 0 Å². The number of rotatable bonds is 4. The minimum atomic E-state index is -0.646. The van der Waals surface area contributed by atoms with Crippen LogP contribution in [-0.2, 0) is 17.9 Å². The van der Waals surface area contributed by atoms with Gasteiger partial charge < -0.3 is 10.2 Å². The van der Waals surface area contributed by atoms with Crippen LogP contribution in [0.3, 0.4) is 0 Å². The fourth-order valence-corrected chi connectivity index (χ4v) is 3.57. The monoisotopic (exact) mass is 261 g/mol. The molecule has 102 valence electrons. The van der Waals surface area contributed by atoms with Gasteiger partial charge in [-0.25, -0.2) is 0 Å². The summed E-state index contributed by atoms with van der Waals surface area (Å²) in [5.74, 6) is -0.830. The van der Waals surface area contributed by atoms with Crippen LogP contribution in [0.1, 0.15) is 30.4 Å². The highest BCUT2D eigenvalue weighted by Gasteiger charge is 2.48. The molecule has 2 N–H and O–H groups in total. The number of carboxylic acid groups (broad SMARTS) is 1. The number of nitrogens with zero attached hydrogens (tertiary/aromatic N) is 1. The molecule has 3 rings (SSSR count). The second-order valence-electron chi connectivity index (χ2n) is 5.63. The smallest absolute Gasteiger partial charge is 0.308 e. The fraction of sp³-hybridized carbons (Fsp3) is 0.533. The van der Waals surface area contributed by atoms with E-state index < -0.39 is 5.97 Å². The van der Waals surface area contributed by atoms with Gasteiger partial charge in [0.1, 0.15) is 0 Å². The number of aliphatic hydroxyl groups is 1. The maximum Gasteiger partial charge on any atom is 0.308 e. The van der Waals surface area contributed by atoms with Crippen molar-refractivity contribution < 1.29 is 15.0 Å². The molecular formula is C15H19NO3. The van der Waals surface area contributed by atoms with Gasteiger partial charge in [0, 0.05) is 18.6 Å². The summed E-state index contributed by atoms with van der Waals surface area (Å²) in [6, 6.07) is 8.56. The number of fused-ring (bicyclic) bond motifs is 2. The first-order valence-corrected chi connectivity index (χ1v) is 6.86. The van der Waals surface area contributed by atoms with Crippen LogP contribution < -0.4 is 0 Å². The van der Waals surface area contributed by atoms with Gasteiger partial charge >= 0.3 is 5.97 Å². The summed E-state index contributed by atoms with van der Waals surface area (Å²) in [6.07, 6.45) is 2.94. The van der Waals surface area contributed by atoms with E-state index in [0.717, 1.165) is 31.4 Å². The van der Waals surface area contributed by atoms with Crippen LogP contribution in [0, 0.1) is 5.92 Å². The zero-order valence-electron chi connectivity index (χ0n) is 10.8. The first kappa shape index (κ1) is 12.6. The Morgan fingerprint density at radius 2 is 1.89 bits per heavy atom. The van der Waals surface area contributed by atoms with Gasteiger partial charge in [0.25, 0.3) is 0 Å². The third kappa shape index (κ3) is 2.26. The number of carbonyl (C=O) groups is 1. The van der Waals surface area contributed by atoms with E-state index in [-0.39, 0.29) is 18.6 Å². The Bertz CT molecular complexity index is 471. The van der Waals surface area contributed by atoms with E-state index in [1.165, 1.54) is 5.56 Å². The highest BCUT2D eigenvalue weighted by atomic mass is 16.4. The largest absolute Gasteiger partial charge is 0.481 e. The molecule has 3 unspecified atom stereocenters. The molecular weight excluding hydrogens is 242 g/mol. The Hall–Kier alpha value is -1.39. The average molecular weight is 261 g/mol. The second-order valence-corrected chi connectivity index (χ2v) is 5.63. The quantitative estimate of drug-likeness (QED) is 0.864. The molecule has 2 fully saturated rings. The van der Waals surface area contributed by atoms with Gasteiger partial charge in [-0.3, -0.25) is 9.69 Å². The van der Waals surface area contributed by atoms with Crippen molar-refractivity contribution in [3.63, 3.8) is 0 Å². The van der Waals surface area contributed by atoms with Crippen LogP contribution in [0.4, 0.5) is 0 Å². The molecule has 0 radical (unpaired) electrons. The van der Waals surface area contributed by atoms with E-state index in [2.05, 4.69) is 4.90 Å². The van der Waals surface area contributed by atoms with Crippen LogP contribution in [-0.4, -0.2) is 33.2 Å². The van der Waals surface area contributed by atoms with Crippen molar-refractivity contribution in [1.29, 1.82) is 0 Å². The fourth-order valence-electron chi connectivity index (χ4n) is 3.57. The molecule has 1 aromatic rings. The van der Waals surface area contributed by atoms with E-state index in [1.54, 1.807) is 0 Å². The zero-order valence-corrected chi connectivity index (χ0v) is 10.8. The molecule has 4 nitrogen and oxygen atoms in total. The summed E-state index contributed by atoms with van der Waals surface area (Å²) < 4.78 is 0. The second kappa shape index (κ2) is 4.94. The van der Waals surface area contributed by atoms with Gasteiger partial charge in [-0.15, -0.1) is 0 Å². The molecule has 2 aliphatic rings. The van der Waals surface area contributed by atoms with E-state index in [9.17, 15) is 9.90 Å². The number of aliphatic carboxylic acids is 1. The lowest BCUT2D eigenvalue weighted by Gasteiger charge is -2.22. The maximum absolute atomic E-state index is 11.2. The lowest BCUT2D eigenvalue weighted by Crippen LogP contribution is -2.32. The number of aliphatic hydroxyl groups excluding tert-OH is 1. The number of carboxylic acids is 1. The van der Waals surface area contributed by atoms with E-state index in [1.807, 2.05) is 24.3 Å². The molecule has 0 amide bonds. The van der Waals surface area contributed by atoms with Crippen molar-refractivity contribution in [3.8, 4) is 0 Å². The molecule has 4 heteroatoms. The van der Waals surface area contributed by atoms with Crippen molar-refractivity contribution in [2.75, 3.05) is 0 Å². The normalized spacial score (nSPS) is 29.8. The summed E-state index contributed by atoms with van der Waals surface area (Å²) in [5.41, 5.74) is 2.11. The summed E-state index contributed by atoms with van der Waals surface area (Å²) in [7, 11) is 0. The molecule has 0 spiro atoms. The van der Waals surface area contributed by atoms with Gasteiger partial charge in [0.05, 0.1) is 12.5 Å². The van der Waals surface area contributed by atoms with Gasteiger partial charge in [-0.1, -0.05) is 24.3 Å². The summed E-state index contributed by atoms with van der Waals surface area (Å²) in [6.45, 7) is 0.890. The molecule has 2 saturated heterocycles.